The molecule has 1 amide bonds. The zero-order chi connectivity index (χ0) is 14.1. The molecule has 108 valence electrons. The monoisotopic (exact) mass is 274 g/mol. The fourth-order valence-electron chi connectivity index (χ4n) is 2.92. The molecule has 1 aromatic carbocycles. The number of likely N-dealkylation sites (tertiary alicyclic amines) is 1. The minimum atomic E-state index is -0.398. The lowest BCUT2D eigenvalue weighted by Gasteiger charge is -2.38. The summed E-state index contributed by atoms with van der Waals surface area (Å²) in [5.41, 5.74) is 0.970. The number of rotatable bonds is 1. The summed E-state index contributed by atoms with van der Waals surface area (Å²) in [5, 5.41) is 3.28. The van der Waals surface area contributed by atoms with Gasteiger partial charge in [-0.2, -0.15) is 0 Å². The molecule has 4 nitrogen and oxygen atoms in total. The van der Waals surface area contributed by atoms with Gasteiger partial charge in [0.1, 0.15) is 5.75 Å². The van der Waals surface area contributed by atoms with Crippen molar-refractivity contribution in [2.45, 2.75) is 26.4 Å². The molecule has 2 aliphatic heterocycles. The predicted molar refractivity (Wildman–Crippen MR) is 78.9 cm³/mol. The number of hydrogen-bond donors (Lipinski definition) is 1. The summed E-state index contributed by atoms with van der Waals surface area (Å²) in [4.78, 5) is 14.5. The van der Waals surface area contributed by atoms with Crippen LogP contribution in [0.25, 0.3) is 0 Å². The van der Waals surface area contributed by atoms with Crippen molar-refractivity contribution in [3.05, 3.63) is 24.3 Å². The number of fused-ring (bicyclic) bond motifs is 1. The standard InChI is InChI=1S/C16H22N2O2/c1-11-7-8-18(10-12(11)2)16(19)15-9-17-13-5-3-4-6-14(13)20-15/h3-6,11-12,15,17H,7-10H2,1-2H3. The lowest BCUT2D eigenvalue weighted by atomic mass is 9.88. The fraction of sp³-hybridized carbons (Fsp3) is 0.562. The SMILES string of the molecule is CC1CCN(C(=O)C2CNc3ccccc3O2)CC1C. The van der Waals surface area contributed by atoms with Crippen LogP contribution >= 0.6 is 0 Å². The Morgan fingerprint density at radius 2 is 2.10 bits per heavy atom. The van der Waals surface area contributed by atoms with Gasteiger partial charge in [-0.3, -0.25) is 4.79 Å². The third-order valence-corrected chi connectivity index (χ3v) is 4.56. The highest BCUT2D eigenvalue weighted by Gasteiger charge is 2.33. The number of amides is 1. The van der Waals surface area contributed by atoms with E-state index in [9.17, 15) is 4.79 Å². The smallest absolute Gasteiger partial charge is 0.265 e. The van der Waals surface area contributed by atoms with Crippen LogP contribution in [-0.2, 0) is 4.79 Å². The number of carbonyl (C=O) groups is 1. The average Bonchev–Trinajstić information content (AvgIpc) is 2.49. The van der Waals surface area contributed by atoms with Gasteiger partial charge in [-0.15, -0.1) is 0 Å². The van der Waals surface area contributed by atoms with Gasteiger partial charge in [-0.1, -0.05) is 26.0 Å². The first-order chi connectivity index (χ1) is 9.65. The van der Waals surface area contributed by atoms with Crippen molar-refractivity contribution in [3.63, 3.8) is 0 Å². The minimum absolute atomic E-state index is 0.116. The van der Waals surface area contributed by atoms with Gasteiger partial charge in [-0.25, -0.2) is 0 Å². The van der Waals surface area contributed by atoms with Gasteiger partial charge in [0.2, 0.25) is 0 Å². The quantitative estimate of drug-likeness (QED) is 0.855. The zero-order valence-electron chi connectivity index (χ0n) is 12.1. The van der Waals surface area contributed by atoms with E-state index in [0.717, 1.165) is 30.9 Å². The lowest BCUT2D eigenvalue weighted by Crippen LogP contribution is -2.51. The molecule has 20 heavy (non-hydrogen) atoms. The van der Waals surface area contributed by atoms with Gasteiger partial charge in [0, 0.05) is 13.1 Å². The summed E-state index contributed by atoms with van der Waals surface area (Å²) >= 11 is 0. The summed E-state index contributed by atoms with van der Waals surface area (Å²) in [6, 6.07) is 7.77. The van der Waals surface area contributed by atoms with Crippen LogP contribution in [0.2, 0.25) is 0 Å². The molecule has 2 aliphatic rings. The van der Waals surface area contributed by atoms with Crippen LogP contribution < -0.4 is 10.1 Å². The lowest BCUT2D eigenvalue weighted by molar-refractivity contribution is -0.140. The molecule has 0 radical (unpaired) electrons. The van der Waals surface area contributed by atoms with Crippen molar-refractivity contribution in [1.29, 1.82) is 0 Å². The van der Waals surface area contributed by atoms with E-state index in [4.69, 9.17) is 4.74 Å². The largest absolute Gasteiger partial charge is 0.477 e. The van der Waals surface area contributed by atoms with E-state index in [2.05, 4.69) is 19.2 Å². The van der Waals surface area contributed by atoms with Crippen LogP contribution in [0.1, 0.15) is 20.3 Å². The molecule has 2 heterocycles. The van der Waals surface area contributed by atoms with E-state index in [-0.39, 0.29) is 5.91 Å². The summed E-state index contributed by atoms with van der Waals surface area (Å²) in [5.74, 6) is 2.16. The molecule has 0 spiro atoms. The molecule has 0 aromatic heterocycles. The first-order valence-electron chi connectivity index (χ1n) is 7.43. The number of piperidine rings is 1. The molecular formula is C16H22N2O2. The van der Waals surface area contributed by atoms with Gasteiger partial charge in [0.15, 0.2) is 6.10 Å². The van der Waals surface area contributed by atoms with Crippen molar-refractivity contribution in [1.82, 2.24) is 4.90 Å². The maximum atomic E-state index is 12.6. The molecule has 0 aliphatic carbocycles. The Labute approximate surface area is 120 Å². The van der Waals surface area contributed by atoms with Crippen molar-refractivity contribution < 1.29 is 9.53 Å². The average molecular weight is 274 g/mol. The molecule has 3 unspecified atom stereocenters. The van der Waals surface area contributed by atoms with Crippen molar-refractivity contribution >= 4 is 11.6 Å². The number of anilines is 1. The molecule has 3 rings (SSSR count). The Morgan fingerprint density at radius 3 is 2.90 bits per heavy atom. The van der Waals surface area contributed by atoms with Crippen molar-refractivity contribution in [2.75, 3.05) is 25.0 Å². The van der Waals surface area contributed by atoms with E-state index in [1.807, 2.05) is 29.2 Å². The minimum Gasteiger partial charge on any atom is -0.477 e. The highest BCUT2D eigenvalue weighted by molar-refractivity contribution is 5.83. The van der Waals surface area contributed by atoms with Gasteiger partial charge >= 0.3 is 0 Å². The maximum absolute atomic E-state index is 12.6. The highest BCUT2D eigenvalue weighted by Crippen LogP contribution is 2.29. The molecule has 3 atom stereocenters. The van der Waals surface area contributed by atoms with E-state index in [0.29, 0.717) is 18.4 Å². The molecule has 0 saturated carbocycles. The van der Waals surface area contributed by atoms with Crippen LogP contribution in [0.4, 0.5) is 5.69 Å². The number of benzene rings is 1. The third kappa shape index (κ3) is 2.47. The highest BCUT2D eigenvalue weighted by atomic mass is 16.5. The first kappa shape index (κ1) is 13.3. The molecule has 1 saturated heterocycles. The van der Waals surface area contributed by atoms with Crippen molar-refractivity contribution in [2.24, 2.45) is 11.8 Å². The topological polar surface area (TPSA) is 41.6 Å². The number of hydrogen-bond acceptors (Lipinski definition) is 3. The summed E-state index contributed by atoms with van der Waals surface area (Å²) < 4.78 is 5.86. The second-order valence-corrected chi connectivity index (χ2v) is 6.01. The van der Waals surface area contributed by atoms with Crippen LogP contribution in [-0.4, -0.2) is 36.5 Å². The fourth-order valence-corrected chi connectivity index (χ4v) is 2.92. The van der Waals surface area contributed by atoms with Crippen LogP contribution in [0.5, 0.6) is 5.75 Å². The molecule has 0 bridgehead atoms. The van der Waals surface area contributed by atoms with E-state index in [1.54, 1.807) is 0 Å². The van der Waals surface area contributed by atoms with Gasteiger partial charge in [0.25, 0.3) is 5.91 Å². The number of carbonyl (C=O) groups excluding carboxylic acids is 1. The normalized spacial score (nSPS) is 29.1. The number of nitrogens with one attached hydrogen (secondary N) is 1. The molecular weight excluding hydrogens is 252 g/mol. The van der Waals surface area contributed by atoms with E-state index >= 15 is 0 Å². The Morgan fingerprint density at radius 1 is 1.30 bits per heavy atom. The molecule has 1 aromatic rings. The number of nitrogens with zero attached hydrogens (tertiary/aromatic N) is 1. The molecule has 4 heteroatoms. The summed E-state index contributed by atoms with van der Waals surface area (Å²) in [7, 11) is 0. The Hall–Kier alpha value is -1.71. The van der Waals surface area contributed by atoms with Crippen LogP contribution in [0.15, 0.2) is 24.3 Å². The molecule has 1 fully saturated rings. The Balaban J connectivity index is 1.67. The van der Waals surface area contributed by atoms with Crippen LogP contribution in [0.3, 0.4) is 0 Å². The second kappa shape index (κ2) is 5.35. The number of ether oxygens (including phenoxy) is 1. The second-order valence-electron chi connectivity index (χ2n) is 6.01. The van der Waals surface area contributed by atoms with Crippen molar-refractivity contribution in [3.8, 4) is 5.75 Å². The predicted octanol–water partition coefficient (Wildman–Crippen LogP) is 2.36. The maximum Gasteiger partial charge on any atom is 0.265 e. The van der Waals surface area contributed by atoms with Gasteiger partial charge < -0.3 is 15.0 Å². The Bertz CT molecular complexity index is 503. The van der Waals surface area contributed by atoms with E-state index in [1.165, 1.54) is 0 Å². The summed E-state index contributed by atoms with van der Waals surface area (Å²) in [6.07, 6.45) is 0.689. The summed E-state index contributed by atoms with van der Waals surface area (Å²) in [6.45, 7) is 6.74. The van der Waals surface area contributed by atoms with Gasteiger partial charge in [-0.05, 0) is 30.4 Å². The number of para-hydroxylation sites is 2. The van der Waals surface area contributed by atoms with E-state index < -0.39 is 6.10 Å². The van der Waals surface area contributed by atoms with Gasteiger partial charge in [0.05, 0.1) is 12.2 Å². The zero-order valence-corrected chi connectivity index (χ0v) is 12.1. The molecule has 1 N–H and O–H groups in total. The first-order valence-corrected chi connectivity index (χ1v) is 7.43. The Kier molecular flexibility index (Phi) is 3.55. The third-order valence-electron chi connectivity index (χ3n) is 4.56. The van der Waals surface area contributed by atoms with Crippen LogP contribution in [0, 0.1) is 11.8 Å².